The fourth-order valence-electron chi connectivity index (χ4n) is 2.44. The molecule has 1 fully saturated rings. The van der Waals surface area contributed by atoms with Crippen molar-refractivity contribution in [2.75, 3.05) is 7.05 Å². The van der Waals surface area contributed by atoms with E-state index in [2.05, 4.69) is 36.1 Å². The van der Waals surface area contributed by atoms with Crippen molar-refractivity contribution < 1.29 is 9.90 Å². The van der Waals surface area contributed by atoms with E-state index in [1.54, 1.807) is 0 Å². The van der Waals surface area contributed by atoms with E-state index >= 15 is 0 Å². The van der Waals surface area contributed by atoms with Gasteiger partial charge in [-0.1, -0.05) is 37.6 Å². The first-order chi connectivity index (χ1) is 8.61. The van der Waals surface area contributed by atoms with Crippen molar-refractivity contribution in [2.24, 2.45) is 5.92 Å². The molecule has 1 aliphatic carbocycles. The van der Waals surface area contributed by atoms with Gasteiger partial charge < -0.3 is 5.11 Å². The first-order valence-corrected chi connectivity index (χ1v) is 6.62. The molecule has 2 unspecified atom stereocenters. The molecule has 0 amide bonds. The van der Waals surface area contributed by atoms with Gasteiger partial charge in [0.05, 0.1) is 5.92 Å². The average Bonchev–Trinajstić information content (AvgIpc) is 3.12. The molecule has 1 aromatic carbocycles. The molecule has 2 rings (SSSR count). The Morgan fingerprint density at radius 1 is 1.33 bits per heavy atom. The Bertz CT molecular complexity index is 413. The van der Waals surface area contributed by atoms with Crippen LogP contribution in [0, 0.1) is 5.92 Å². The van der Waals surface area contributed by atoms with Crippen LogP contribution in [0.3, 0.4) is 0 Å². The molecule has 1 aliphatic rings. The topological polar surface area (TPSA) is 40.5 Å². The number of hydrogen-bond acceptors (Lipinski definition) is 2. The van der Waals surface area contributed by atoms with Crippen LogP contribution in [0.4, 0.5) is 0 Å². The maximum absolute atomic E-state index is 10.8. The Morgan fingerprint density at radius 2 is 1.94 bits per heavy atom. The Kier molecular flexibility index (Phi) is 4.02. The highest BCUT2D eigenvalue weighted by Gasteiger charge is 2.45. The Morgan fingerprint density at radius 3 is 2.44 bits per heavy atom. The third-order valence-electron chi connectivity index (χ3n) is 3.63. The summed E-state index contributed by atoms with van der Waals surface area (Å²) < 4.78 is 0. The van der Waals surface area contributed by atoms with Crippen LogP contribution in [0.25, 0.3) is 0 Å². The van der Waals surface area contributed by atoms with E-state index in [1.165, 1.54) is 17.5 Å². The minimum atomic E-state index is -0.662. The molecule has 1 saturated carbocycles. The predicted molar refractivity (Wildman–Crippen MR) is 71.4 cm³/mol. The summed E-state index contributed by atoms with van der Waals surface area (Å²) in [5.41, 5.74) is 2.63. The number of aryl methyl sites for hydroxylation is 1. The van der Waals surface area contributed by atoms with Crippen molar-refractivity contribution in [2.45, 2.75) is 38.8 Å². The normalized spacial score (nSPS) is 22.2. The SMILES string of the molecule is CCCc1ccc(CN(C)C2CC2C(=O)O)cc1. The summed E-state index contributed by atoms with van der Waals surface area (Å²) in [5.74, 6) is -0.820. The number of hydrogen-bond donors (Lipinski definition) is 1. The molecule has 0 spiro atoms. The van der Waals surface area contributed by atoms with Crippen LogP contribution >= 0.6 is 0 Å². The minimum Gasteiger partial charge on any atom is -0.481 e. The highest BCUT2D eigenvalue weighted by atomic mass is 16.4. The molecule has 98 valence electrons. The number of carbonyl (C=O) groups is 1. The lowest BCUT2D eigenvalue weighted by atomic mass is 10.1. The zero-order chi connectivity index (χ0) is 13.1. The van der Waals surface area contributed by atoms with Gasteiger partial charge in [-0.2, -0.15) is 0 Å². The molecule has 3 heteroatoms. The first kappa shape index (κ1) is 13.1. The van der Waals surface area contributed by atoms with E-state index in [1.807, 2.05) is 7.05 Å². The number of rotatable bonds is 6. The lowest BCUT2D eigenvalue weighted by Crippen LogP contribution is -2.23. The second-order valence-corrected chi connectivity index (χ2v) is 5.23. The molecule has 0 radical (unpaired) electrons. The second-order valence-electron chi connectivity index (χ2n) is 5.23. The molecule has 0 saturated heterocycles. The second kappa shape index (κ2) is 5.53. The van der Waals surface area contributed by atoms with Crippen molar-refractivity contribution in [3.05, 3.63) is 35.4 Å². The highest BCUT2D eigenvalue weighted by molar-refractivity contribution is 5.74. The van der Waals surface area contributed by atoms with Gasteiger partial charge in [0.15, 0.2) is 0 Å². The van der Waals surface area contributed by atoms with Gasteiger partial charge in [-0.05, 0) is 31.0 Å². The van der Waals surface area contributed by atoms with Gasteiger partial charge in [-0.25, -0.2) is 0 Å². The summed E-state index contributed by atoms with van der Waals surface area (Å²) in [6.07, 6.45) is 3.08. The van der Waals surface area contributed by atoms with Crippen molar-refractivity contribution in [1.29, 1.82) is 0 Å². The smallest absolute Gasteiger partial charge is 0.308 e. The third kappa shape index (κ3) is 3.10. The average molecular weight is 247 g/mol. The van der Waals surface area contributed by atoms with E-state index in [0.29, 0.717) is 0 Å². The lowest BCUT2D eigenvalue weighted by Gasteiger charge is -2.16. The van der Waals surface area contributed by atoms with Gasteiger partial charge in [-0.15, -0.1) is 0 Å². The van der Waals surface area contributed by atoms with E-state index in [9.17, 15) is 4.79 Å². The minimum absolute atomic E-state index is 0.158. The quantitative estimate of drug-likeness (QED) is 0.840. The monoisotopic (exact) mass is 247 g/mol. The number of carboxylic acid groups (broad SMARTS) is 1. The van der Waals surface area contributed by atoms with Crippen molar-refractivity contribution >= 4 is 5.97 Å². The number of aliphatic carboxylic acids is 1. The molecule has 2 atom stereocenters. The Balaban J connectivity index is 1.88. The first-order valence-electron chi connectivity index (χ1n) is 6.62. The van der Waals surface area contributed by atoms with Crippen LogP contribution < -0.4 is 0 Å². The van der Waals surface area contributed by atoms with Gasteiger partial charge in [0.1, 0.15) is 0 Å². The fourth-order valence-corrected chi connectivity index (χ4v) is 2.44. The lowest BCUT2D eigenvalue weighted by molar-refractivity contribution is -0.138. The molecule has 18 heavy (non-hydrogen) atoms. The van der Waals surface area contributed by atoms with Crippen LogP contribution in [0.1, 0.15) is 30.9 Å². The van der Waals surface area contributed by atoms with Crippen LogP contribution in [0.2, 0.25) is 0 Å². The zero-order valence-corrected chi connectivity index (χ0v) is 11.1. The zero-order valence-electron chi connectivity index (χ0n) is 11.1. The molecule has 0 bridgehead atoms. The summed E-state index contributed by atoms with van der Waals surface area (Å²) in [7, 11) is 2.01. The Hall–Kier alpha value is -1.35. The largest absolute Gasteiger partial charge is 0.481 e. The van der Waals surface area contributed by atoms with E-state index < -0.39 is 5.97 Å². The van der Waals surface area contributed by atoms with Crippen molar-refractivity contribution in [3.8, 4) is 0 Å². The summed E-state index contributed by atoms with van der Waals surface area (Å²) in [6, 6.07) is 8.87. The van der Waals surface area contributed by atoms with Crippen molar-refractivity contribution in [3.63, 3.8) is 0 Å². The Labute approximate surface area is 108 Å². The molecule has 0 aliphatic heterocycles. The maximum Gasteiger partial charge on any atom is 0.308 e. The number of benzene rings is 1. The molecule has 0 heterocycles. The van der Waals surface area contributed by atoms with Gasteiger partial charge in [-0.3, -0.25) is 9.69 Å². The van der Waals surface area contributed by atoms with Gasteiger partial charge >= 0.3 is 5.97 Å². The molecule has 1 N–H and O–H groups in total. The van der Waals surface area contributed by atoms with E-state index in [-0.39, 0.29) is 12.0 Å². The van der Waals surface area contributed by atoms with Crippen molar-refractivity contribution in [1.82, 2.24) is 4.90 Å². The number of nitrogens with zero attached hydrogens (tertiary/aromatic N) is 1. The van der Waals surface area contributed by atoms with Crippen LogP contribution in [0.15, 0.2) is 24.3 Å². The molecular weight excluding hydrogens is 226 g/mol. The molecule has 1 aromatic rings. The van der Waals surface area contributed by atoms with E-state index in [4.69, 9.17) is 5.11 Å². The van der Waals surface area contributed by atoms with Gasteiger partial charge in [0.25, 0.3) is 0 Å². The van der Waals surface area contributed by atoms with E-state index in [0.717, 1.165) is 19.4 Å². The summed E-state index contributed by atoms with van der Waals surface area (Å²) in [6.45, 7) is 3.02. The summed E-state index contributed by atoms with van der Waals surface area (Å²) in [5, 5.41) is 8.91. The molecular formula is C15H21NO2. The third-order valence-corrected chi connectivity index (χ3v) is 3.63. The van der Waals surface area contributed by atoms with Gasteiger partial charge in [0, 0.05) is 12.6 Å². The molecule has 3 nitrogen and oxygen atoms in total. The number of carboxylic acids is 1. The predicted octanol–water partition coefficient (Wildman–Crippen LogP) is 2.54. The summed E-state index contributed by atoms with van der Waals surface area (Å²) >= 11 is 0. The van der Waals surface area contributed by atoms with Crippen LogP contribution in [-0.4, -0.2) is 29.1 Å². The maximum atomic E-state index is 10.8. The fraction of sp³-hybridized carbons (Fsp3) is 0.533. The highest BCUT2D eigenvalue weighted by Crippen LogP contribution is 2.35. The standard InChI is InChI=1S/C15H21NO2/c1-3-4-11-5-7-12(8-6-11)10-16(2)14-9-13(14)15(17)18/h5-8,13-14H,3-4,9-10H2,1-2H3,(H,17,18). The summed E-state index contributed by atoms with van der Waals surface area (Å²) in [4.78, 5) is 13.0. The van der Waals surface area contributed by atoms with Crippen LogP contribution in [0.5, 0.6) is 0 Å². The molecule has 0 aromatic heterocycles. The van der Waals surface area contributed by atoms with Crippen LogP contribution in [-0.2, 0) is 17.8 Å². The van der Waals surface area contributed by atoms with Gasteiger partial charge in [0.2, 0.25) is 0 Å².